The van der Waals surface area contributed by atoms with E-state index >= 15 is 0 Å². The fourth-order valence-electron chi connectivity index (χ4n) is 4.68. The van der Waals surface area contributed by atoms with E-state index < -0.39 is 12.0 Å². The van der Waals surface area contributed by atoms with Gasteiger partial charge in [0.25, 0.3) is 0 Å². The average Bonchev–Trinajstić information content (AvgIpc) is 3.32. The number of carbonyl (C=O) groups is 3. The number of likely N-dealkylation sites (tertiary alicyclic amines) is 1. The van der Waals surface area contributed by atoms with Gasteiger partial charge in [-0.15, -0.1) is 0 Å². The van der Waals surface area contributed by atoms with Crippen molar-refractivity contribution in [1.29, 1.82) is 0 Å². The van der Waals surface area contributed by atoms with Gasteiger partial charge in [-0.25, -0.2) is 4.79 Å². The number of hydrogen-bond donors (Lipinski definition) is 2. The summed E-state index contributed by atoms with van der Waals surface area (Å²) >= 11 is 0. The summed E-state index contributed by atoms with van der Waals surface area (Å²) in [7, 11) is 1.32. The van der Waals surface area contributed by atoms with Crippen molar-refractivity contribution in [2.24, 2.45) is 5.92 Å². The minimum Gasteiger partial charge on any atom is -0.465 e. The summed E-state index contributed by atoms with van der Waals surface area (Å²) < 4.78 is 4.73. The number of unbranched alkanes of at least 4 members (excludes halogenated alkanes) is 1. The second kappa shape index (κ2) is 12.3. The molecular formula is C27H34N2O5. The number of nitrogens with one attached hydrogen (secondary N) is 1. The number of methoxy groups -OCH3 is 1. The van der Waals surface area contributed by atoms with E-state index in [-0.39, 0.29) is 30.3 Å². The van der Waals surface area contributed by atoms with Crippen LogP contribution in [-0.2, 0) is 14.3 Å². The van der Waals surface area contributed by atoms with Crippen LogP contribution in [0.5, 0.6) is 0 Å². The molecule has 2 aromatic carbocycles. The van der Waals surface area contributed by atoms with Crippen molar-refractivity contribution in [3.63, 3.8) is 0 Å². The van der Waals surface area contributed by atoms with Gasteiger partial charge in [0, 0.05) is 30.7 Å². The molecule has 1 heterocycles. The predicted molar refractivity (Wildman–Crippen MR) is 130 cm³/mol. The van der Waals surface area contributed by atoms with Crippen LogP contribution >= 0.6 is 0 Å². The van der Waals surface area contributed by atoms with Crippen LogP contribution in [0.15, 0.2) is 54.6 Å². The van der Waals surface area contributed by atoms with Gasteiger partial charge >= 0.3 is 5.97 Å². The Labute approximate surface area is 201 Å². The largest absolute Gasteiger partial charge is 0.465 e. The van der Waals surface area contributed by atoms with E-state index in [0.717, 1.165) is 12.0 Å². The Bertz CT molecular complexity index is 961. The summed E-state index contributed by atoms with van der Waals surface area (Å²) in [4.78, 5) is 40.5. The molecule has 2 aromatic rings. The monoisotopic (exact) mass is 466 g/mol. The van der Waals surface area contributed by atoms with Gasteiger partial charge in [0.05, 0.1) is 12.7 Å². The zero-order chi connectivity index (χ0) is 24.5. The van der Waals surface area contributed by atoms with Gasteiger partial charge < -0.3 is 20.1 Å². The first-order valence-electron chi connectivity index (χ1n) is 12.0. The first kappa shape index (κ1) is 25.4. The number of nitrogens with zero attached hydrogens (tertiary/aromatic N) is 1. The Morgan fingerprint density at radius 2 is 1.79 bits per heavy atom. The van der Waals surface area contributed by atoms with Crippen LogP contribution in [0.3, 0.4) is 0 Å². The maximum absolute atomic E-state index is 13.5. The molecule has 2 amide bonds. The molecular weight excluding hydrogens is 432 g/mol. The van der Waals surface area contributed by atoms with E-state index in [1.54, 1.807) is 29.2 Å². The fourth-order valence-corrected chi connectivity index (χ4v) is 4.68. The summed E-state index contributed by atoms with van der Waals surface area (Å²) in [6.07, 6.45) is 3.55. The lowest BCUT2D eigenvalue weighted by Gasteiger charge is -2.30. The van der Waals surface area contributed by atoms with E-state index in [1.807, 2.05) is 37.3 Å². The van der Waals surface area contributed by atoms with Gasteiger partial charge in [0.2, 0.25) is 11.8 Å². The fraction of sp³-hybridized carbons (Fsp3) is 0.444. The molecule has 3 atom stereocenters. The van der Waals surface area contributed by atoms with Crippen molar-refractivity contribution in [3.8, 4) is 0 Å². The molecule has 1 unspecified atom stereocenters. The van der Waals surface area contributed by atoms with Crippen LogP contribution in [-0.4, -0.2) is 54.1 Å². The van der Waals surface area contributed by atoms with E-state index in [1.165, 1.54) is 7.11 Å². The summed E-state index contributed by atoms with van der Waals surface area (Å²) in [5.74, 6) is -0.956. The molecule has 0 aliphatic carbocycles. The minimum atomic E-state index is -0.623. The molecule has 0 bridgehead atoms. The van der Waals surface area contributed by atoms with Crippen LogP contribution in [0.25, 0.3) is 0 Å². The Morgan fingerprint density at radius 3 is 2.41 bits per heavy atom. The van der Waals surface area contributed by atoms with E-state index in [4.69, 9.17) is 9.84 Å². The number of ether oxygens (including phenoxy) is 1. The van der Waals surface area contributed by atoms with E-state index in [0.29, 0.717) is 43.5 Å². The van der Waals surface area contributed by atoms with Crippen LogP contribution in [0.4, 0.5) is 5.69 Å². The highest BCUT2D eigenvalue weighted by molar-refractivity contribution is 5.99. The van der Waals surface area contributed by atoms with E-state index in [9.17, 15) is 14.4 Å². The van der Waals surface area contributed by atoms with Crippen molar-refractivity contribution >= 4 is 23.5 Å². The molecule has 7 nitrogen and oxygen atoms in total. The van der Waals surface area contributed by atoms with Crippen molar-refractivity contribution in [3.05, 3.63) is 65.7 Å². The molecule has 1 aliphatic heterocycles. The third kappa shape index (κ3) is 6.03. The molecule has 34 heavy (non-hydrogen) atoms. The number of aliphatic hydroxyl groups excluding tert-OH is 1. The molecule has 0 spiro atoms. The van der Waals surface area contributed by atoms with Gasteiger partial charge in [0.1, 0.15) is 6.04 Å². The first-order chi connectivity index (χ1) is 16.5. The molecule has 7 heteroatoms. The first-order valence-corrected chi connectivity index (χ1v) is 12.0. The number of benzene rings is 2. The maximum Gasteiger partial charge on any atom is 0.337 e. The molecule has 1 fully saturated rings. The van der Waals surface area contributed by atoms with Gasteiger partial charge in [-0.2, -0.15) is 0 Å². The van der Waals surface area contributed by atoms with Crippen LogP contribution in [0.2, 0.25) is 0 Å². The number of esters is 1. The number of carbonyl (C=O) groups excluding carboxylic acids is 3. The van der Waals surface area contributed by atoms with Crippen molar-refractivity contribution in [2.45, 2.75) is 51.0 Å². The van der Waals surface area contributed by atoms with E-state index in [2.05, 4.69) is 5.32 Å². The standard InChI is InChI=1S/C27H34N2O5/c1-3-19(9-7-8-18-30)26(32)29-17-16-23(20-10-5-4-6-11-20)24(29)25(31)28-22-14-12-21(13-15-22)27(33)34-2/h4-6,10-15,19,23-24,30H,3,7-9,16-18H2,1-2H3,(H,28,31)/t19?,23-,24-/m0/s1. The molecule has 1 aliphatic rings. The molecule has 3 rings (SSSR count). The van der Waals surface area contributed by atoms with Crippen LogP contribution in [0.1, 0.15) is 60.9 Å². The second-order valence-electron chi connectivity index (χ2n) is 8.67. The molecule has 0 radical (unpaired) electrons. The minimum absolute atomic E-state index is 0.0000556. The number of aliphatic hydroxyl groups is 1. The Kier molecular flexibility index (Phi) is 9.22. The summed E-state index contributed by atoms with van der Waals surface area (Å²) in [6.45, 7) is 2.63. The number of rotatable bonds is 10. The van der Waals surface area contributed by atoms with Gasteiger partial charge in [-0.1, -0.05) is 43.7 Å². The molecule has 2 N–H and O–H groups in total. The normalized spacial score (nSPS) is 18.4. The Hall–Kier alpha value is -3.19. The van der Waals surface area contributed by atoms with Crippen molar-refractivity contribution in [1.82, 2.24) is 4.90 Å². The number of amides is 2. The molecule has 1 saturated heterocycles. The maximum atomic E-state index is 13.5. The smallest absolute Gasteiger partial charge is 0.337 e. The molecule has 0 saturated carbocycles. The summed E-state index contributed by atoms with van der Waals surface area (Å²) in [6, 6.07) is 15.7. The third-order valence-electron chi connectivity index (χ3n) is 6.55. The van der Waals surface area contributed by atoms with Crippen molar-refractivity contribution in [2.75, 3.05) is 25.6 Å². The lowest BCUT2D eigenvalue weighted by molar-refractivity contribution is -0.140. The number of anilines is 1. The third-order valence-corrected chi connectivity index (χ3v) is 6.55. The Balaban J connectivity index is 1.83. The Morgan fingerprint density at radius 1 is 1.09 bits per heavy atom. The van der Waals surface area contributed by atoms with Gasteiger partial charge in [-0.05, 0) is 55.5 Å². The lowest BCUT2D eigenvalue weighted by Crippen LogP contribution is -2.47. The SMILES string of the molecule is CCC(CCCCO)C(=O)N1CC[C@@H](c2ccccc2)[C@H]1C(=O)Nc1ccc(C(=O)OC)cc1. The van der Waals surface area contributed by atoms with Gasteiger partial charge in [0.15, 0.2) is 0 Å². The highest BCUT2D eigenvalue weighted by atomic mass is 16.5. The van der Waals surface area contributed by atoms with Crippen molar-refractivity contribution < 1.29 is 24.2 Å². The van der Waals surface area contributed by atoms with Crippen LogP contribution < -0.4 is 5.32 Å². The lowest BCUT2D eigenvalue weighted by atomic mass is 9.90. The average molecular weight is 467 g/mol. The highest BCUT2D eigenvalue weighted by Gasteiger charge is 2.43. The quantitative estimate of drug-likeness (QED) is 0.408. The zero-order valence-corrected chi connectivity index (χ0v) is 19.9. The predicted octanol–water partition coefficient (Wildman–Crippen LogP) is 3.99. The molecule has 0 aromatic heterocycles. The van der Waals surface area contributed by atoms with Crippen LogP contribution in [0, 0.1) is 5.92 Å². The topological polar surface area (TPSA) is 95.9 Å². The highest BCUT2D eigenvalue weighted by Crippen LogP contribution is 2.36. The summed E-state index contributed by atoms with van der Waals surface area (Å²) in [5.41, 5.74) is 1.99. The van der Waals surface area contributed by atoms with Gasteiger partial charge in [-0.3, -0.25) is 9.59 Å². The number of hydrogen-bond acceptors (Lipinski definition) is 5. The molecule has 182 valence electrons. The zero-order valence-electron chi connectivity index (χ0n) is 19.9. The second-order valence-corrected chi connectivity index (χ2v) is 8.67. The summed E-state index contributed by atoms with van der Waals surface area (Å²) in [5, 5.41) is 12.0.